The molecule has 0 radical (unpaired) electrons. The molecule has 0 aromatic heterocycles. The molecule has 2 aromatic carbocycles. The average molecular weight is 305 g/mol. The van der Waals surface area contributed by atoms with E-state index in [0.29, 0.717) is 16.7 Å². The van der Waals surface area contributed by atoms with E-state index >= 15 is 0 Å². The second-order valence-corrected chi connectivity index (χ2v) is 5.52. The van der Waals surface area contributed by atoms with Crippen molar-refractivity contribution in [3.05, 3.63) is 71.3 Å². The molecule has 0 spiro atoms. The van der Waals surface area contributed by atoms with Crippen LogP contribution in [0.5, 0.6) is 0 Å². The van der Waals surface area contributed by atoms with Crippen LogP contribution in [0.1, 0.15) is 40.1 Å². The molecule has 0 amide bonds. The van der Waals surface area contributed by atoms with Crippen LogP contribution in [0, 0.1) is 0 Å². The largest absolute Gasteiger partial charge is 0.372 e. The van der Waals surface area contributed by atoms with E-state index in [1.807, 2.05) is 24.3 Å². The van der Waals surface area contributed by atoms with E-state index in [-0.39, 0.29) is 11.6 Å². The Morgan fingerprint density at radius 1 is 0.826 bits per heavy atom. The summed E-state index contributed by atoms with van der Waals surface area (Å²) >= 11 is 0. The summed E-state index contributed by atoms with van der Waals surface area (Å²) in [6, 6.07) is 14.8. The van der Waals surface area contributed by atoms with Gasteiger partial charge in [-0.3, -0.25) is 9.59 Å². The highest BCUT2D eigenvalue weighted by Crippen LogP contribution is 2.28. The van der Waals surface area contributed by atoms with Gasteiger partial charge in [-0.15, -0.1) is 0 Å². The van der Waals surface area contributed by atoms with Gasteiger partial charge in [0.05, 0.1) is 0 Å². The first-order valence-corrected chi connectivity index (χ1v) is 7.90. The fourth-order valence-electron chi connectivity index (χ4n) is 2.97. The molecule has 23 heavy (non-hydrogen) atoms. The van der Waals surface area contributed by atoms with Gasteiger partial charge in [-0.05, 0) is 37.6 Å². The molecular formula is C20H19NO2. The zero-order chi connectivity index (χ0) is 16.4. The quantitative estimate of drug-likeness (QED) is 0.857. The van der Waals surface area contributed by atoms with Crippen molar-refractivity contribution in [3.63, 3.8) is 0 Å². The number of fused-ring (bicyclic) bond motifs is 1. The summed E-state index contributed by atoms with van der Waals surface area (Å²) in [7, 11) is 0. The van der Waals surface area contributed by atoms with Crippen LogP contribution in [0.4, 0.5) is 5.69 Å². The van der Waals surface area contributed by atoms with Gasteiger partial charge in [0.25, 0.3) is 0 Å². The number of ketones is 2. The Labute approximate surface area is 136 Å². The van der Waals surface area contributed by atoms with Crippen molar-refractivity contribution >= 4 is 22.8 Å². The standard InChI is InChI=1S/C20H19NO2/c1-3-21(4-2)15-11-9-14(10-12-15)18-13-19(22)16-7-5-6-8-17(16)20(18)23/h5-13H,3-4H2,1-2H3. The third-order valence-corrected chi connectivity index (χ3v) is 4.26. The number of carbonyl (C=O) groups excluding carboxylic acids is 2. The van der Waals surface area contributed by atoms with Crippen molar-refractivity contribution in [3.8, 4) is 0 Å². The molecule has 116 valence electrons. The second-order valence-electron chi connectivity index (χ2n) is 5.52. The van der Waals surface area contributed by atoms with Crippen molar-refractivity contribution in [2.24, 2.45) is 0 Å². The smallest absolute Gasteiger partial charge is 0.194 e. The Balaban J connectivity index is 1.97. The number of nitrogens with zero attached hydrogens (tertiary/aromatic N) is 1. The van der Waals surface area contributed by atoms with E-state index in [2.05, 4.69) is 18.7 Å². The SMILES string of the molecule is CCN(CC)c1ccc(C2=CC(=O)c3ccccc3C2=O)cc1. The summed E-state index contributed by atoms with van der Waals surface area (Å²) in [4.78, 5) is 27.1. The minimum absolute atomic E-state index is 0.0872. The zero-order valence-corrected chi connectivity index (χ0v) is 13.4. The van der Waals surface area contributed by atoms with Crippen LogP contribution in [-0.2, 0) is 0 Å². The van der Waals surface area contributed by atoms with Crippen LogP contribution in [0.15, 0.2) is 54.6 Å². The van der Waals surface area contributed by atoms with Crippen LogP contribution >= 0.6 is 0 Å². The van der Waals surface area contributed by atoms with Crippen LogP contribution < -0.4 is 4.90 Å². The van der Waals surface area contributed by atoms with Gasteiger partial charge in [-0.25, -0.2) is 0 Å². The molecule has 0 bridgehead atoms. The zero-order valence-electron chi connectivity index (χ0n) is 13.4. The highest BCUT2D eigenvalue weighted by atomic mass is 16.1. The second kappa shape index (κ2) is 6.21. The highest BCUT2D eigenvalue weighted by Gasteiger charge is 2.25. The monoisotopic (exact) mass is 305 g/mol. The molecule has 0 saturated carbocycles. The molecule has 3 rings (SSSR count). The Hall–Kier alpha value is -2.68. The lowest BCUT2D eigenvalue weighted by molar-refractivity contribution is 0.100. The number of Topliss-reactive ketones (excluding diaryl/α,β-unsaturated/α-hetero) is 1. The van der Waals surface area contributed by atoms with Crippen LogP contribution in [0.2, 0.25) is 0 Å². The fourth-order valence-corrected chi connectivity index (χ4v) is 2.97. The first kappa shape index (κ1) is 15.2. The lowest BCUT2D eigenvalue weighted by Crippen LogP contribution is -2.21. The molecule has 3 nitrogen and oxygen atoms in total. The van der Waals surface area contributed by atoms with Gasteiger partial charge in [-0.2, -0.15) is 0 Å². The number of carbonyl (C=O) groups is 2. The van der Waals surface area contributed by atoms with Gasteiger partial charge >= 0.3 is 0 Å². The Bertz CT molecular complexity index is 784. The molecule has 3 heteroatoms. The highest BCUT2D eigenvalue weighted by molar-refractivity contribution is 6.38. The van der Waals surface area contributed by atoms with Gasteiger partial charge in [0.2, 0.25) is 0 Å². The van der Waals surface area contributed by atoms with E-state index in [0.717, 1.165) is 24.3 Å². The summed E-state index contributed by atoms with van der Waals surface area (Å²) in [5.74, 6) is -0.196. The maximum Gasteiger partial charge on any atom is 0.194 e. The molecule has 0 aliphatic heterocycles. The normalized spacial score (nSPS) is 13.6. The number of benzene rings is 2. The predicted molar refractivity (Wildman–Crippen MR) is 93.1 cm³/mol. The number of allylic oxidation sites excluding steroid dienone is 2. The fraction of sp³-hybridized carbons (Fsp3) is 0.200. The number of rotatable bonds is 4. The minimum Gasteiger partial charge on any atom is -0.372 e. The van der Waals surface area contributed by atoms with Crippen molar-refractivity contribution in [2.45, 2.75) is 13.8 Å². The molecular weight excluding hydrogens is 286 g/mol. The van der Waals surface area contributed by atoms with Gasteiger partial charge in [0, 0.05) is 35.5 Å². The minimum atomic E-state index is -0.108. The number of hydrogen-bond donors (Lipinski definition) is 0. The molecule has 0 saturated heterocycles. The molecule has 0 unspecified atom stereocenters. The average Bonchev–Trinajstić information content (AvgIpc) is 2.60. The van der Waals surface area contributed by atoms with Crippen molar-refractivity contribution < 1.29 is 9.59 Å². The Kier molecular flexibility index (Phi) is 4.11. The van der Waals surface area contributed by atoms with E-state index in [1.165, 1.54) is 6.08 Å². The number of hydrogen-bond acceptors (Lipinski definition) is 3. The Morgan fingerprint density at radius 3 is 2.04 bits per heavy atom. The van der Waals surface area contributed by atoms with Crippen molar-refractivity contribution in [1.82, 2.24) is 0 Å². The maximum absolute atomic E-state index is 12.7. The summed E-state index contributed by atoms with van der Waals surface area (Å²) in [5.41, 5.74) is 3.35. The predicted octanol–water partition coefficient (Wildman–Crippen LogP) is 4.00. The molecule has 2 aromatic rings. The van der Waals surface area contributed by atoms with Crippen LogP contribution in [0.3, 0.4) is 0 Å². The van der Waals surface area contributed by atoms with E-state index < -0.39 is 0 Å². The van der Waals surface area contributed by atoms with Crippen molar-refractivity contribution in [2.75, 3.05) is 18.0 Å². The maximum atomic E-state index is 12.7. The lowest BCUT2D eigenvalue weighted by Gasteiger charge is -2.21. The van der Waals surface area contributed by atoms with Gasteiger partial charge in [0.1, 0.15) is 0 Å². The molecule has 0 heterocycles. The summed E-state index contributed by atoms with van der Waals surface area (Å²) in [5, 5.41) is 0. The molecule has 0 N–H and O–H groups in total. The number of anilines is 1. The van der Waals surface area contributed by atoms with E-state index in [1.54, 1.807) is 24.3 Å². The molecule has 0 atom stereocenters. The first-order valence-electron chi connectivity index (χ1n) is 7.90. The Morgan fingerprint density at radius 2 is 1.43 bits per heavy atom. The van der Waals surface area contributed by atoms with Gasteiger partial charge in [-0.1, -0.05) is 36.4 Å². The molecule has 1 aliphatic rings. The summed E-state index contributed by atoms with van der Waals surface area (Å²) < 4.78 is 0. The first-order chi connectivity index (χ1) is 11.2. The van der Waals surface area contributed by atoms with Crippen LogP contribution in [0.25, 0.3) is 5.57 Å². The summed E-state index contributed by atoms with van der Waals surface area (Å²) in [6.07, 6.45) is 1.46. The lowest BCUT2D eigenvalue weighted by atomic mass is 9.86. The molecule has 0 fully saturated rings. The third kappa shape index (κ3) is 2.70. The van der Waals surface area contributed by atoms with E-state index in [4.69, 9.17) is 0 Å². The summed E-state index contributed by atoms with van der Waals surface area (Å²) in [6.45, 7) is 6.09. The van der Waals surface area contributed by atoms with Crippen LogP contribution in [-0.4, -0.2) is 24.7 Å². The van der Waals surface area contributed by atoms with Crippen molar-refractivity contribution in [1.29, 1.82) is 0 Å². The van der Waals surface area contributed by atoms with Gasteiger partial charge in [0.15, 0.2) is 11.6 Å². The third-order valence-electron chi connectivity index (χ3n) is 4.26. The topological polar surface area (TPSA) is 37.4 Å². The molecule has 1 aliphatic carbocycles. The van der Waals surface area contributed by atoms with E-state index in [9.17, 15) is 9.59 Å². The van der Waals surface area contributed by atoms with Gasteiger partial charge < -0.3 is 4.90 Å².